The van der Waals surface area contributed by atoms with E-state index in [1.807, 2.05) is 6.92 Å². The van der Waals surface area contributed by atoms with Gasteiger partial charge in [0.25, 0.3) is 5.91 Å². The van der Waals surface area contributed by atoms with Gasteiger partial charge in [-0.25, -0.2) is 9.78 Å². The number of aromatic nitrogens is 1. The van der Waals surface area contributed by atoms with Crippen LogP contribution < -0.4 is 10.6 Å². The van der Waals surface area contributed by atoms with Crippen molar-refractivity contribution in [2.75, 3.05) is 10.6 Å². The van der Waals surface area contributed by atoms with Gasteiger partial charge in [0, 0.05) is 17.5 Å². The van der Waals surface area contributed by atoms with Crippen molar-refractivity contribution in [3.63, 3.8) is 0 Å². The third-order valence-electron chi connectivity index (χ3n) is 2.83. The number of rotatable bonds is 6. The second kappa shape index (κ2) is 7.50. The number of thiazole rings is 1. The van der Waals surface area contributed by atoms with Gasteiger partial charge < -0.3 is 15.7 Å². The Bertz CT molecular complexity index is 742. The van der Waals surface area contributed by atoms with Crippen LogP contribution in [0.1, 0.15) is 40.6 Å². The molecule has 1 aromatic carbocycles. The van der Waals surface area contributed by atoms with E-state index >= 15 is 0 Å². The Morgan fingerprint density at radius 3 is 2.74 bits per heavy atom. The van der Waals surface area contributed by atoms with Crippen molar-refractivity contribution in [3.8, 4) is 0 Å². The van der Waals surface area contributed by atoms with Gasteiger partial charge in [-0.15, -0.1) is 11.3 Å². The van der Waals surface area contributed by atoms with Crippen LogP contribution in [0.4, 0.5) is 10.8 Å². The van der Waals surface area contributed by atoms with Gasteiger partial charge in [-0.3, -0.25) is 9.59 Å². The zero-order chi connectivity index (χ0) is 16.8. The van der Waals surface area contributed by atoms with E-state index in [1.165, 1.54) is 23.6 Å². The molecule has 23 heavy (non-hydrogen) atoms. The molecule has 0 fully saturated rings. The predicted molar refractivity (Wildman–Crippen MR) is 87.0 cm³/mol. The minimum atomic E-state index is -1.07. The number of aromatic carboxylic acids is 1. The van der Waals surface area contributed by atoms with Crippen LogP contribution in [-0.4, -0.2) is 27.9 Å². The molecule has 120 valence electrons. The van der Waals surface area contributed by atoms with Gasteiger partial charge in [0.2, 0.25) is 5.91 Å². The fourth-order valence-electron chi connectivity index (χ4n) is 1.77. The maximum absolute atomic E-state index is 12.1. The van der Waals surface area contributed by atoms with Crippen molar-refractivity contribution in [2.24, 2.45) is 0 Å². The summed E-state index contributed by atoms with van der Waals surface area (Å²) < 4.78 is 0. The molecule has 0 unspecified atom stereocenters. The first-order chi connectivity index (χ1) is 11.0. The topological polar surface area (TPSA) is 108 Å². The van der Waals surface area contributed by atoms with Crippen LogP contribution in [-0.2, 0) is 4.79 Å². The molecular weight excluding hydrogens is 318 g/mol. The third kappa shape index (κ3) is 4.62. The van der Waals surface area contributed by atoms with E-state index in [0.717, 1.165) is 17.8 Å². The van der Waals surface area contributed by atoms with Crippen molar-refractivity contribution < 1.29 is 19.5 Å². The Morgan fingerprint density at radius 1 is 1.26 bits per heavy atom. The SMILES string of the molecule is CCCC(=O)Nc1nc(C(=O)Nc2cccc(C(=O)O)c2)cs1. The van der Waals surface area contributed by atoms with Gasteiger partial charge in [0.15, 0.2) is 5.13 Å². The number of hydrogen-bond acceptors (Lipinski definition) is 5. The molecule has 0 aliphatic carbocycles. The highest BCUT2D eigenvalue weighted by Gasteiger charge is 2.13. The van der Waals surface area contributed by atoms with E-state index in [0.29, 0.717) is 17.2 Å². The molecule has 8 heteroatoms. The molecule has 1 aromatic heterocycles. The van der Waals surface area contributed by atoms with Crippen molar-refractivity contribution in [2.45, 2.75) is 19.8 Å². The quantitative estimate of drug-likeness (QED) is 0.753. The number of benzene rings is 1. The molecule has 0 radical (unpaired) electrons. The highest BCUT2D eigenvalue weighted by molar-refractivity contribution is 7.14. The van der Waals surface area contributed by atoms with Crippen LogP contribution in [0, 0.1) is 0 Å². The van der Waals surface area contributed by atoms with Crippen LogP contribution in [0.2, 0.25) is 0 Å². The Morgan fingerprint density at radius 2 is 2.04 bits per heavy atom. The second-order valence-corrected chi connectivity index (χ2v) is 5.53. The lowest BCUT2D eigenvalue weighted by Gasteiger charge is -2.04. The highest BCUT2D eigenvalue weighted by atomic mass is 32.1. The molecule has 7 nitrogen and oxygen atoms in total. The van der Waals surface area contributed by atoms with Crippen molar-refractivity contribution >= 4 is 39.9 Å². The van der Waals surface area contributed by atoms with E-state index in [-0.39, 0.29) is 17.2 Å². The van der Waals surface area contributed by atoms with Crippen molar-refractivity contribution in [1.29, 1.82) is 0 Å². The maximum atomic E-state index is 12.1. The van der Waals surface area contributed by atoms with E-state index in [1.54, 1.807) is 6.07 Å². The smallest absolute Gasteiger partial charge is 0.335 e. The Kier molecular flexibility index (Phi) is 5.42. The Balaban J connectivity index is 2.04. The number of carboxylic acids is 1. The summed E-state index contributed by atoms with van der Waals surface area (Å²) in [6.45, 7) is 1.89. The molecule has 0 spiro atoms. The first-order valence-corrected chi connectivity index (χ1v) is 7.77. The standard InChI is InChI=1S/C15H15N3O4S/c1-2-4-12(19)18-15-17-11(8-23-15)13(20)16-10-6-3-5-9(7-10)14(21)22/h3,5-8H,2,4H2,1H3,(H,16,20)(H,21,22)(H,17,18,19). The number of nitrogens with zero attached hydrogens (tertiary/aromatic N) is 1. The summed E-state index contributed by atoms with van der Waals surface area (Å²) in [5, 5.41) is 16.0. The van der Waals surface area contributed by atoms with Gasteiger partial charge >= 0.3 is 5.97 Å². The van der Waals surface area contributed by atoms with Gasteiger partial charge in [-0.2, -0.15) is 0 Å². The minimum absolute atomic E-state index is 0.0774. The molecule has 1 heterocycles. The first-order valence-electron chi connectivity index (χ1n) is 6.89. The van der Waals surface area contributed by atoms with Crippen LogP contribution >= 0.6 is 11.3 Å². The van der Waals surface area contributed by atoms with Gasteiger partial charge in [0.05, 0.1) is 5.56 Å². The zero-order valence-corrected chi connectivity index (χ0v) is 13.1. The molecule has 2 amide bonds. The zero-order valence-electron chi connectivity index (χ0n) is 12.3. The summed E-state index contributed by atoms with van der Waals surface area (Å²) in [6.07, 6.45) is 1.12. The number of hydrogen-bond donors (Lipinski definition) is 3. The summed E-state index contributed by atoms with van der Waals surface area (Å²) in [7, 11) is 0. The van der Waals surface area contributed by atoms with Crippen LogP contribution in [0.3, 0.4) is 0 Å². The van der Waals surface area contributed by atoms with Gasteiger partial charge in [-0.1, -0.05) is 13.0 Å². The fraction of sp³-hybridized carbons (Fsp3) is 0.200. The lowest BCUT2D eigenvalue weighted by atomic mass is 10.2. The number of nitrogens with one attached hydrogen (secondary N) is 2. The van der Waals surface area contributed by atoms with E-state index in [2.05, 4.69) is 15.6 Å². The fourth-order valence-corrected chi connectivity index (χ4v) is 2.48. The Hall–Kier alpha value is -2.74. The Labute approximate surface area is 136 Å². The molecule has 0 aliphatic rings. The highest BCUT2D eigenvalue weighted by Crippen LogP contribution is 2.18. The van der Waals surface area contributed by atoms with Crippen molar-refractivity contribution in [3.05, 3.63) is 40.9 Å². The lowest BCUT2D eigenvalue weighted by Crippen LogP contribution is -2.14. The lowest BCUT2D eigenvalue weighted by molar-refractivity contribution is -0.116. The summed E-state index contributed by atoms with van der Waals surface area (Å²) >= 11 is 1.15. The molecule has 2 rings (SSSR count). The molecule has 0 saturated heterocycles. The monoisotopic (exact) mass is 333 g/mol. The average Bonchev–Trinajstić information content (AvgIpc) is 2.96. The molecular formula is C15H15N3O4S. The van der Waals surface area contributed by atoms with Gasteiger partial charge in [0.1, 0.15) is 5.69 Å². The summed E-state index contributed by atoms with van der Waals surface area (Å²) in [5.41, 5.74) is 0.593. The van der Waals surface area contributed by atoms with E-state index < -0.39 is 11.9 Å². The summed E-state index contributed by atoms with van der Waals surface area (Å²) in [4.78, 5) is 38.5. The number of anilines is 2. The molecule has 3 N–H and O–H groups in total. The number of carbonyl (C=O) groups excluding carboxylic acids is 2. The summed E-state index contributed by atoms with van der Waals surface area (Å²) in [6, 6.07) is 5.91. The van der Waals surface area contributed by atoms with Crippen LogP contribution in [0.15, 0.2) is 29.6 Å². The normalized spacial score (nSPS) is 10.1. The van der Waals surface area contributed by atoms with E-state index in [9.17, 15) is 14.4 Å². The minimum Gasteiger partial charge on any atom is -0.478 e. The predicted octanol–water partition coefficient (Wildman–Crippen LogP) is 2.83. The number of carbonyl (C=O) groups is 3. The largest absolute Gasteiger partial charge is 0.478 e. The van der Waals surface area contributed by atoms with Gasteiger partial charge in [-0.05, 0) is 24.6 Å². The maximum Gasteiger partial charge on any atom is 0.335 e. The second-order valence-electron chi connectivity index (χ2n) is 4.68. The molecule has 0 bridgehead atoms. The number of carboxylic acid groups (broad SMARTS) is 1. The van der Waals surface area contributed by atoms with Crippen LogP contribution in [0.5, 0.6) is 0 Å². The molecule has 0 atom stereocenters. The first kappa shape index (κ1) is 16.6. The van der Waals surface area contributed by atoms with E-state index in [4.69, 9.17) is 5.11 Å². The van der Waals surface area contributed by atoms with Crippen molar-refractivity contribution in [1.82, 2.24) is 4.98 Å². The van der Waals surface area contributed by atoms with Crippen LogP contribution in [0.25, 0.3) is 0 Å². The average molecular weight is 333 g/mol. The molecule has 2 aromatic rings. The third-order valence-corrected chi connectivity index (χ3v) is 3.59. The number of amides is 2. The summed E-state index contributed by atoms with van der Waals surface area (Å²) in [5.74, 6) is -1.70. The molecule has 0 aliphatic heterocycles. The molecule has 0 saturated carbocycles.